The van der Waals surface area contributed by atoms with E-state index in [1.54, 1.807) is 49.3 Å². The van der Waals surface area contributed by atoms with Crippen molar-refractivity contribution in [3.63, 3.8) is 0 Å². The molecule has 1 saturated heterocycles. The number of nitrogen functional groups attached to an aromatic ring is 1. The number of hydrogen-bond donors (Lipinski definition) is 2. The molecule has 3 heterocycles. The third-order valence-electron chi connectivity index (χ3n) is 7.27. The lowest BCUT2D eigenvalue weighted by atomic mass is 9.85. The highest BCUT2D eigenvalue weighted by molar-refractivity contribution is 7.90. The van der Waals surface area contributed by atoms with Crippen molar-refractivity contribution in [2.24, 2.45) is 0 Å². The summed E-state index contributed by atoms with van der Waals surface area (Å²) in [5, 5.41) is -0.699. The molecular formula is C29H35FN6O4S. The third kappa shape index (κ3) is 5.52. The Morgan fingerprint density at radius 3 is 2.51 bits per heavy atom. The Hall–Kier alpha value is -3.93. The van der Waals surface area contributed by atoms with Crippen LogP contribution in [0, 0.1) is 5.82 Å². The van der Waals surface area contributed by atoms with Crippen LogP contribution in [-0.2, 0) is 14.8 Å². The number of H-pyrrole nitrogens is 1. The molecule has 1 amide bonds. The molecule has 1 aliphatic rings. The first kappa shape index (κ1) is 28.6. The van der Waals surface area contributed by atoms with Gasteiger partial charge in [0.05, 0.1) is 34.0 Å². The number of imidazole rings is 2. The molecule has 0 bridgehead atoms. The molecular weight excluding hydrogens is 547 g/mol. The van der Waals surface area contributed by atoms with E-state index in [2.05, 4.69) is 15.0 Å². The third-order valence-corrected chi connectivity index (χ3v) is 9.35. The second-order valence-electron chi connectivity index (χ2n) is 11.6. The molecule has 218 valence electrons. The Bertz CT molecular complexity index is 1710. The number of benzene rings is 2. The Labute approximate surface area is 238 Å². The molecule has 2 aromatic carbocycles. The van der Waals surface area contributed by atoms with Gasteiger partial charge in [0.1, 0.15) is 11.4 Å². The maximum atomic E-state index is 14.6. The molecule has 0 aliphatic carbocycles. The molecule has 41 heavy (non-hydrogen) atoms. The summed E-state index contributed by atoms with van der Waals surface area (Å²) < 4.78 is 47.3. The van der Waals surface area contributed by atoms with Gasteiger partial charge in [-0.3, -0.25) is 0 Å². The number of halogens is 1. The van der Waals surface area contributed by atoms with E-state index >= 15 is 0 Å². The standard InChI is InChI=1S/C29H35FN6O4S/c1-17(2)41(38,39)36-24-14-19(6-9-23(24)34-27(36)31)25-26(33-16-32-25)21-8-7-20(30)15-22(21)18-10-12-35(13-11-18)28(37)40-29(3,4)5/h6-9,14-18H,10-13H2,1-5H3,(H2,31,34)(H,32,33). The molecule has 0 unspecified atom stereocenters. The SMILES string of the molecule is CC(C)S(=O)(=O)n1c(N)nc2ccc(-c3nc[nH]c3-c3ccc(F)cc3C3CCN(C(=O)OC(C)(C)C)CC3)cc21. The number of aromatic amines is 1. The van der Waals surface area contributed by atoms with E-state index in [0.717, 1.165) is 15.1 Å². The van der Waals surface area contributed by atoms with E-state index in [0.29, 0.717) is 53.9 Å². The van der Waals surface area contributed by atoms with Crippen molar-refractivity contribution >= 4 is 33.1 Å². The topological polar surface area (TPSA) is 136 Å². The summed E-state index contributed by atoms with van der Waals surface area (Å²) in [5.74, 6) is -0.443. The lowest BCUT2D eigenvalue weighted by molar-refractivity contribution is 0.0205. The summed E-state index contributed by atoms with van der Waals surface area (Å²) >= 11 is 0. The molecule has 4 aromatic rings. The van der Waals surface area contributed by atoms with Crippen molar-refractivity contribution in [1.82, 2.24) is 23.8 Å². The lowest BCUT2D eigenvalue weighted by Crippen LogP contribution is -2.41. The second kappa shape index (κ2) is 10.5. The van der Waals surface area contributed by atoms with Crippen molar-refractivity contribution in [3.05, 3.63) is 54.1 Å². The highest BCUT2D eigenvalue weighted by Gasteiger charge is 2.30. The fourth-order valence-electron chi connectivity index (χ4n) is 5.22. The number of rotatable bonds is 5. The second-order valence-corrected chi connectivity index (χ2v) is 14.0. The van der Waals surface area contributed by atoms with E-state index in [9.17, 15) is 17.6 Å². The zero-order valence-corrected chi connectivity index (χ0v) is 24.6. The highest BCUT2D eigenvalue weighted by Crippen LogP contribution is 2.39. The van der Waals surface area contributed by atoms with Gasteiger partial charge in [-0.15, -0.1) is 0 Å². The van der Waals surface area contributed by atoms with Gasteiger partial charge in [-0.2, -0.15) is 0 Å². The van der Waals surface area contributed by atoms with Crippen LogP contribution in [0.1, 0.15) is 58.9 Å². The minimum absolute atomic E-state index is 0.00966. The van der Waals surface area contributed by atoms with E-state index in [4.69, 9.17) is 10.5 Å². The van der Waals surface area contributed by atoms with Gasteiger partial charge < -0.3 is 20.4 Å². The maximum Gasteiger partial charge on any atom is 0.410 e. The molecule has 5 rings (SSSR count). The number of fused-ring (bicyclic) bond motifs is 1. The number of hydrogen-bond acceptors (Lipinski definition) is 7. The van der Waals surface area contributed by atoms with Crippen LogP contribution in [0.2, 0.25) is 0 Å². The number of carbonyl (C=O) groups is 1. The number of likely N-dealkylation sites (tertiary alicyclic amines) is 1. The monoisotopic (exact) mass is 582 g/mol. The van der Waals surface area contributed by atoms with Crippen LogP contribution in [0.3, 0.4) is 0 Å². The largest absolute Gasteiger partial charge is 0.444 e. The van der Waals surface area contributed by atoms with Gasteiger partial charge in [-0.05, 0) is 89.3 Å². The Balaban J connectivity index is 1.50. The average molecular weight is 583 g/mol. The number of nitrogens with one attached hydrogen (secondary N) is 1. The minimum Gasteiger partial charge on any atom is -0.444 e. The van der Waals surface area contributed by atoms with Crippen molar-refractivity contribution < 1.29 is 22.3 Å². The summed E-state index contributed by atoms with van der Waals surface area (Å²) in [4.78, 5) is 26.3. The molecule has 0 radical (unpaired) electrons. The average Bonchev–Trinajstić information content (AvgIpc) is 3.51. The van der Waals surface area contributed by atoms with Crippen LogP contribution in [0.25, 0.3) is 33.5 Å². The van der Waals surface area contributed by atoms with Gasteiger partial charge in [0.2, 0.25) is 16.0 Å². The summed E-state index contributed by atoms with van der Waals surface area (Å²) in [6, 6.07) is 9.91. The number of nitrogens with two attached hydrogens (primary N) is 1. The number of piperidine rings is 1. The van der Waals surface area contributed by atoms with Crippen molar-refractivity contribution in [1.29, 1.82) is 0 Å². The maximum absolute atomic E-state index is 14.6. The zero-order valence-electron chi connectivity index (χ0n) is 23.8. The molecule has 1 aliphatic heterocycles. The Kier molecular flexibility index (Phi) is 7.31. The summed E-state index contributed by atoms with van der Waals surface area (Å²) in [6.45, 7) is 9.68. The van der Waals surface area contributed by atoms with Gasteiger partial charge in [0.25, 0.3) is 0 Å². The number of anilines is 1. The van der Waals surface area contributed by atoms with Crippen molar-refractivity contribution in [3.8, 4) is 22.5 Å². The number of nitrogens with zero attached hydrogens (tertiary/aromatic N) is 4. The molecule has 0 atom stereocenters. The van der Waals surface area contributed by atoms with E-state index < -0.39 is 20.9 Å². The van der Waals surface area contributed by atoms with Crippen molar-refractivity contribution in [2.75, 3.05) is 18.8 Å². The molecule has 0 saturated carbocycles. The Morgan fingerprint density at radius 1 is 1.15 bits per heavy atom. The molecule has 0 spiro atoms. The molecule has 1 fully saturated rings. The van der Waals surface area contributed by atoms with Crippen LogP contribution in [0.4, 0.5) is 15.1 Å². The number of carbonyl (C=O) groups excluding carboxylic acids is 1. The van der Waals surface area contributed by atoms with Crippen LogP contribution in [0.15, 0.2) is 42.7 Å². The van der Waals surface area contributed by atoms with Crippen LogP contribution < -0.4 is 5.73 Å². The summed E-state index contributed by atoms with van der Waals surface area (Å²) in [6.07, 6.45) is 2.51. The Morgan fingerprint density at radius 2 is 1.85 bits per heavy atom. The predicted molar refractivity (Wildman–Crippen MR) is 156 cm³/mol. The zero-order chi connectivity index (χ0) is 29.7. The number of aromatic nitrogens is 4. The molecule has 3 N–H and O–H groups in total. The van der Waals surface area contributed by atoms with Gasteiger partial charge >= 0.3 is 6.09 Å². The van der Waals surface area contributed by atoms with Gasteiger partial charge in [-0.1, -0.05) is 6.07 Å². The first-order valence-electron chi connectivity index (χ1n) is 13.6. The van der Waals surface area contributed by atoms with E-state index in [1.807, 2.05) is 26.8 Å². The van der Waals surface area contributed by atoms with Gasteiger partial charge in [0, 0.05) is 24.2 Å². The number of amides is 1. The number of ether oxygens (including phenoxy) is 1. The molecule has 10 nitrogen and oxygen atoms in total. The quantitative estimate of drug-likeness (QED) is 0.316. The van der Waals surface area contributed by atoms with E-state index in [-0.39, 0.29) is 23.8 Å². The minimum atomic E-state index is -3.76. The van der Waals surface area contributed by atoms with Crippen molar-refractivity contribution in [2.45, 2.75) is 64.2 Å². The summed E-state index contributed by atoms with van der Waals surface area (Å²) in [7, 11) is -3.76. The van der Waals surface area contributed by atoms with Crippen LogP contribution in [-0.4, -0.2) is 62.3 Å². The fourth-order valence-corrected chi connectivity index (χ4v) is 6.36. The normalized spacial score (nSPS) is 15.1. The first-order chi connectivity index (χ1) is 19.3. The molecule has 12 heteroatoms. The molecule has 2 aromatic heterocycles. The fraction of sp³-hybridized carbons (Fsp3) is 0.414. The summed E-state index contributed by atoms with van der Waals surface area (Å²) in [5.41, 5.74) is 9.78. The van der Waals surface area contributed by atoms with Crippen LogP contribution >= 0.6 is 0 Å². The lowest BCUT2D eigenvalue weighted by Gasteiger charge is -2.34. The highest BCUT2D eigenvalue weighted by atomic mass is 32.2. The van der Waals surface area contributed by atoms with E-state index in [1.165, 1.54) is 6.07 Å². The predicted octanol–water partition coefficient (Wildman–Crippen LogP) is 5.52. The van der Waals surface area contributed by atoms with Gasteiger partial charge in [-0.25, -0.2) is 31.5 Å². The smallest absolute Gasteiger partial charge is 0.410 e. The first-order valence-corrected chi connectivity index (χ1v) is 15.1. The van der Waals surface area contributed by atoms with Gasteiger partial charge in [0.15, 0.2) is 0 Å². The van der Waals surface area contributed by atoms with Crippen LogP contribution in [0.5, 0.6) is 0 Å².